The molecule has 0 aromatic heterocycles. The van der Waals surface area contributed by atoms with Gasteiger partial charge in [0.05, 0.1) is 26.2 Å². The lowest BCUT2D eigenvalue weighted by atomic mass is 10.1. The molecule has 0 aliphatic carbocycles. The molecule has 0 saturated carbocycles. The Balaban J connectivity index is 2.80. The van der Waals surface area contributed by atoms with Crippen LogP contribution in [0.25, 0.3) is 0 Å². The second-order valence-electron chi connectivity index (χ2n) is 4.64. The van der Waals surface area contributed by atoms with Gasteiger partial charge in [0.1, 0.15) is 12.3 Å². The fourth-order valence-corrected chi connectivity index (χ4v) is 1.87. The molecule has 1 rings (SSSR count). The summed E-state index contributed by atoms with van der Waals surface area (Å²) >= 11 is 0. The zero-order valence-corrected chi connectivity index (χ0v) is 13.5. The molecule has 7 nitrogen and oxygen atoms in total. The molecule has 0 heterocycles. The highest BCUT2D eigenvalue weighted by molar-refractivity contribution is 6.38. The van der Waals surface area contributed by atoms with E-state index in [0.717, 1.165) is 5.56 Å². The molecular weight excluding hydrogens is 302 g/mol. The average Bonchev–Trinajstić information content (AvgIpc) is 2.58. The summed E-state index contributed by atoms with van der Waals surface area (Å²) in [6, 6.07) is 9.16. The molecule has 0 N–H and O–H groups in total. The first-order valence-corrected chi connectivity index (χ1v) is 6.97. The largest absolute Gasteiger partial charge is 0.465 e. The first-order chi connectivity index (χ1) is 11.1. The number of hydrogen-bond acceptors (Lipinski definition) is 6. The summed E-state index contributed by atoms with van der Waals surface area (Å²) in [5.41, 5.74) is 0.732. The van der Waals surface area contributed by atoms with Crippen molar-refractivity contribution in [1.82, 2.24) is 0 Å². The van der Waals surface area contributed by atoms with Gasteiger partial charge in [0.2, 0.25) is 0 Å². The Labute approximate surface area is 135 Å². The highest BCUT2D eigenvalue weighted by atomic mass is 16.5. The molecule has 0 unspecified atom stereocenters. The number of rotatable bonds is 8. The van der Waals surface area contributed by atoms with Crippen molar-refractivity contribution >= 4 is 17.8 Å². The van der Waals surface area contributed by atoms with Gasteiger partial charge in [-0.15, -0.1) is 0 Å². The van der Waals surface area contributed by atoms with Gasteiger partial charge < -0.3 is 18.9 Å². The van der Waals surface area contributed by atoms with Crippen LogP contribution in [0.1, 0.15) is 5.56 Å². The van der Waals surface area contributed by atoms with Gasteiger partial charge in [0.25, 0.3) is 0 Å². The molecule has 0 aliphatic heterocycles. The van der Waals surface area contributed by atoms with Crippen LogP contribution in [0, 0.1) is 5.92 Å². The molecule has 0 radical (unpaired) electrons. The van der Waals surface area contributed by atoms with Crippen molar-refractivity contribution in [3.63, 3.8) is 0 Å². The zero-order valence-electron chi connectivity index (χ0n) is 13.5. The molecular formula is C16H21NO6. The number of methoxy groups -OCH3 is 3. The minimum absolute atomic E-state index is 0.0663. The topological polar surface area (TPSA) is 83.4 Å². The molecule has 0 atom stereocenters. The summed E-state index contributed by atoms with van der Waals surface area (Å²) < 4.78 is 19.7. The Morgan fingerprint density at radius 2 is 1.65 bits per heavy atom. The summed E-state index contributed by atoms with van der Waals surface area (Å²) in [6.45, 7) is 0.387. The van der Waals surface area contributed by atoms with Crippen molar-refractivity contribution in [3.05, 3.63) is 35.9 Å². The van der Waals surface area contributed by atoms with Gasteiger partial charge in [-0.1, -0.05) is 30.3 Å². The van der Waals surface area contributed by atoms with Gasteiger partial charge >= 0.3 is 12.1 Å². The van der Waals surface area contributed by atoms with Gasteiger partial charge in [0.15, 0.2) is 0 Å². The molecule has 0 saturated heterocycles. The van der Waals surface area contributed by atoms with Crippen LogP contribution < -0.4 is 0 Å². The van der Waals surface area contributed by atoms with E-state index < -0.39 is 18.0 Å². The third-order valence-electron chi connectivity index (χ3n) is 2.93. The van der Waals surface area contributed by atoms with E-state index in [1.165, 1.54) is 21.3 Å². The van der Waals surface area contributed by atoms with Crippen molar-refractivity contribution < 1.29 is 28.5 Å². The maximum absolute atomic E-state index is 11.9. The molecule has 0 aliphatic rings. The number of aliphatic imine (C=N–C) groups is 1. The van der Waals surface area contributed by atoms with Crippen molar-refractivity contribution in [1.29, 1.82) is 0 Å². The fourth-order valence-electron chi connectivity index (χ4n) is 1.87. The smallest absolute Gasteiger partial charge is 0.434 e. The summed E-state index contributed by atoms with van der Waals surface area (Å²) in [4.78, 5) is 27.4. The Kier molecular flexibility index (Phi) is 8.56. The number of hydrogen-bond donors (Lipinski definition) is 0. The first-order valence-electron chi connectivity index (χ1n) is 6.97. The number of carbonyl (C=O) groups is 2. The Morgan fingerprint density at radius 3 is 2.17 bits per heavy atom. The van der Waals surface area contributed by atoms with Gasteiger partial charge in [-0.05, 0) is 5.56 Å². The average molecular weight is 323 g/mol. The van der Waals surface area contributed by atoms with Crippen LogP contribution in [0.5, 0.6) is 0 Å². The zero-order chi connectivity index (χ0) is 17.1. The van der Waals surface area contributed by atoms with Crippen LogP contribution in [0.2, 0.25) is 0 Å². The van der Waals surface area contributed by atoms with E-state index in [-0.39, 0.29) is 25.5 Å². The molecule has 1 aromatic carbocycles. The molecule has 7 heteroatoms. The molecule has 126 valence electrons. The lowest BCUT2D eigenvalue weighted by molar-refractivity contribution is -0.133. The third kappa shape index (κ3) is 6.58. The maximum Gasteiger partial charge on any atom is 0.434 e. The molecule has 0 bridgehead atoms. The monoisotopic (exact) mass is 323 g/mol. The molecule has 1 amide bonds. The molecule has 1 aromatic rings. The minimum atomic E-state index is -0.869. The van der Waals surface area contributed by atoms with Crippen molar-refractivity contribution in [3.8, 4) is 0 Å². The Morgan fingerprint density at radius 1 is 1.04 bits per heavy atom. The number of nitrogens with zero attached hydrogens (tertiary/aromatic N) is 1. The van der Waals surface area contributed by atoms with E-state index >= 15 is 0 Å². The third-order valence-corrected chi connectivity index (χ3v) is 2.93. The van der Waals surface area contributed by atoms with E-state index in [0.29, 0.717) is 0 Å². The maximum atomic E-state index is 11.9. The van der Waals surface area contributed by atoms with E-state index in [9.17, 15) is 9.59 Å². The predicted octanol–water partition coefficient (Wildman–Crippen LogP) is 1.85. The van der Waals surface area contributed by atoms with Crippen molar-refractivity contribution in [2.24, 2.45) is 10.9 Å². The Bertz CT molecular complexity index is 523. The number of carbonyl (C=O) groups excluding carboxylic acids is 2. The first kappa shape index (κ1) is 18.8. The molecule has 0 fully saturated rings. The van der Waals surface area contributed by atoms with Gasteiger partial charge in [-0.3, -0.25) is 0 Å². The lowest BCUT2D eigenvalue weighted by Gasteiger charge is -2.15. The summed E-state index contributed by atoms with van der Waals surface area (Å²) in [6.07, 6.45) is -0.869. The van der Waals surface area contributed by atoms with E-state index in [2.05, 4.69) is 9.73 Å². The molecule has 23 heavy (non-hydrogen) atoms. The standard InChI is InChI=1S/C16H21NO6/c1-20-10-13(11-21-2)14(15(18)22-3)17-16(19)23-9-12-7-5-4-6-8-12/h4-8,13H,9-11H2,1-3H3. The summed E-state index contributed by atoms with van der Waals surface area (Å²) in [7, 11) is 4.17. The van der Waals surface area contributed by atoms with E-state index in [1.807, 2.05) is 30.3 Å². The Hall–Kier alpha value is -2.25. The highest BCUT2D eigenvalue weighted by Gasteiger charge is 2.25. The van der Waals surface area contributed by atoms with Gasteiger partial charge in [-0.2, -0.15) is 4.99 Å². The number of benzene rings is 1. The van der Waals surface area contributed by atoms with Crippen LogP contribution in [-0.2, 0) is 30.3 Å². The van der Waals surface area contributed by atoms with Crippen LogP contribution in [0.15, 0.2) is 35.3 Å². The van der Waals surface area contributed by atoms with E-state index in [4.69, 9.17) is 14.2 Å². The quantitative estimate of drug-likeness (QED) is 0.536. The summed E-state index contributed by atoms with van der Waals surface area (Å²) in [5, 5.41) is 0. The van der Waals surface area contributed by atoms with Gasteiger partial charge in [-0.25, -0.2) is 9.59 Å². The molecule has 0 spiro atoms. The summed E-state index contributed by atoms with van der Waals surface area (Å²) in [5.74, 6) is -1.25. The van der Waals surface area contributed by atoms with Crippen molar-refractivity contribution in [2.75, 3.05) is 34.5 Å². The number of ether oxygens (including phenoxy) is 4. The normalized spacial score (nSPS) is 11.4. The highest BCUT2D eigenvalue weighted by Crippen LogP contribution is 2.07. The predicted molar refractivity (Wildman–Crippen MR) is 83.3 cm³/mol. The van der Waals surface area contributed by atoms with Crippen LogP contribution >= 0.6 is 0 Å². The van der Waals surface area contributed by atoms with Crippen LogP contribution in [-0.4, -0.2) is 52.3 Å². The van der Waals surface area contributed by atoms with E-state index in [1.54, 1.807) is 0 Å². The van der Waals surface area contributed by atoms with Crippen molar-refractivity contribution in [2.45, 2.75) is 6.61 Å². The second kappa shape index (κ2) is 10.5. The second-order valence-corrected chi connectivity index (χ2v) is 4.64. The number of amides is 1. The van der Waals surface area contributed by atoms with Crippen LogP contribution in [0.3, 0.4) is 0 Å². The number of esters is 1. The van der Waals surface area contributed by atoms with Gasteiger partial charge in [0, 0.05) is 14.2 Å². The fraction of sp³-hybridized carbons (Fsp3) is 0.438. The lowest BCUT2D eigenvalue weighted by Crippen LogP contribution is -2.32. The minimum Gasteiger partial charge on any atom is -0.465 e. The SMILES string of the molecule is COCC(COC)C(=NC(=O)OCc1ccccc1)C(=O)OC. The van der Waals surface area contributed by atoms with Crippen LogP contribution in [0.4, 0.5) is 4.79 Å².